The number of aryl methyl sites for hydroxylation is 2. The fourth-order valence-corrected chi connectivity index (χ4v) is 22.9. The minimum Gasteiger partial charge on any atom is -0.309 e. The van der Waals surface area contributed by atoms with Crippen molar-refractivity contribution in [1.82, 2.24) is 9.13 Å². The topological polar surface area (TPSA) is 57.4 Å². The summed E-state index contributed by atoms with van der Waals surface area (Å²) in [7, 11) is 0. The van der Waals surface area contributed by atoms with Crippen LogP contribution in [0.15, 0.2) is 400 Å². The van der Waals surface area contributed by atoms with Crippen LogP contribution in [0, 0.1) is 83.0 Å². The predicted molar refractivity (Wildman–Crippen MR) is 571 cm³/mol. The number of hydrogen-bond acceptors (Lipinski definition) is 2. The van der Waals surface area contributed by atoms with Gasteiger partial charge in [0.1, 0.15) is 12.1 Å². The smallest absolute Gasteiger partial charge is 0.198 e. The number of fused-ring (bicyclic) bond motifs is 36. The van der Waals surface area contributed by atoms with Gasteiger partial charge in [0.05, 0.1) is 44.6 Å². The van der Waals surface area contributed by atoms with E-state index < -0.39 is 46.5 Å². The number of halogens is 8. The van der Waals surface area contributed by atoms with Crippen LogP contribution in [0.5, 0.6) is 0 Å². The van der Waals surface area contributed by atoms with E-state index in [0.717, 1.165) is 186 Å². The Morgan fingerprint density at radius 2 is 0.373 bits per heavy atom. The highest BCUT2D eigenvalue weighted by Gasteiger charge is 2.33. The van der Waals surface area contributed by atoms with Crippen molar-refractivity contribution in [3.8, 4) is 68.0 Å². The number of hydrogen-bond donors (Lipinski definition) is 0. The van der Waals surface area contributed by atoms with Gasteiger partial charge in [-0.25, -0.2) is 35.1 Å². The van der Waals surface area contributed by atoms with E-state index in [2.05, 4.69) is 179 Å². The molecule has 668 valence electrons. The molecule has 0 aliphatic rings. The molecule has 26 aromatic carbocycles. The molecule has 0 saturated carbocycles. The Labute approximate surface area is 805 Å². The summed E-state index contributed by atoms with van der Waals surface area (Å²) in [6, 6.07) is 138. The lowest BCUT2D eigenvalue weighted by atomic mass is 9.83. The SMILES string of the molecule is Cc1ccc(-c2cc3c4c(F)c(F)c(F)c(F)c4c4cc(-c5ccc(C)cc5)c5ccccc5c4c3c3ccccc23)cc1.Fc1c(F)c(F)c2c3cc(-c4ccccc4)c4ccccc4c3c3c4ccccc4c(-c4ccccc4)cc3c2c1F.N#Cc1cc2c(cc1C#N)c1cc(-n3c4ccccc4c4ccccc43)c3ccccc3c1c1c3ccccc3c(-n3c4ccccc4c4ccccc43)cc21. The number of nitriles is 2. The second-order valence-electron chi connectivity index (χ2n) is 36.7. The predicted octanol–water partition coefficient (Wildman–Crippen LogP) is 36.7. The molecule has 0 bridgehead atoms. The Morgan fingerprint density at radius 1 is 0.169 bits per heavy atom. The Morgan fingerprint density at radius 3 is 0.627 bits per heavy atom. The lowest BCUT2D eigenvalue weighted by Crippen LogP contribution is -2.01. The molecule has 0 fully saturated rings. The Hall–Kier alpha value is -18.4. The summed E-state index contributed by atoms with van der Waals surface area (Å²) in [6.07, 6.45) is 0. The highest BCUT2D eigenvalue weighted by atomic mass is 19.2. The minimum absolute atomic E-state index is 0.270. The van der Waals surface area contributed by atoms with Crippen LogP contribution in [0.25, 0.3) is 261 Å². The van der Waals surface area contributed by atoms with Crippen molar-refractivity contribution in [3.05, 3.63) is 469 Å². The van der Waals surface area contributed by atoms with Crippen molar-refractivity contribution in [2.45, 2.75) is 13.8 Å². The highest BCUT2D eigenvalue weighted by Crippen LogP contribution is 2.55. The van der Waals surface area contributed by atoms with Gasteiger partial charge in [-0.3, -0.25) is 0 Å². The maximum Gasteiger partial charge on any atom is 0.198 e. The third-order valence-corrected chi connectivity index (χ3v) is 29.1. The lowest BCUT2D eigenvalue weighted by molar-refractivity contribution is 0.418. The Balaban J connectivity index is 0.000000111. The molecule has 2 heterocycles. The van der Waals surface area contributed by atoms with E-state index in [9.17, 15) is 19.3 Å². The van der Waals surface area contributed by atoms with Crippen LogP contribution in [0.3, 0.4) is 0 Å². The van der Waals surface area contributed by atoms with Gasteiger partial charge in [-0.05, 0) is 260 Å². The molecule has 0 amide bonds. The number of rotatable bonds is 6. The number of para-hydroxylation sites is 4. The number of benzene rings is 26. The van der Waals surface area contributed by atoms with Crippen molar-refractivity contribution < 1.29 is 35.1 Å². The van der Waals surface area contributed by atoms with Crippen LogP contribution in [0.1, 0.15) is 22.3 Å². The fourth-order valence-electron chi connectivity index (χ4n) is 22.9. The molecule has 28 aromatic rings. The van der Waals surface area contributed by atoms with E-state index in [1.54, 1.807) is 24.3 Å². The van der Waals surface area contributed by atoms with Crippen molar-refractivity contribution >= 4 is 205 Å². The second kappa shape index (κ2) is 32.7. The van der Waals surface area contributed by atoms with Crippen molar-refractivity contribution in [1.29, 1.82) is 10.5 Å². The van der Waals surface area contributed by atoms with Gasteiger partial charge in [-0.15, -0.1) is 0 Å². The van der Waals surface area contributed by atoms with E-state index in [1.165, 1.54) is 21.5 Å². The minimum atomic E-state index is -1.82. The fraction of sp³-hybridized carbons (Fsp3) is 0.0154. The molecular formula is C130H72F8N4. The first kappa shape index (κ1) is 84.2. The third-order valence-electron chi connectivity index (χ3n) is 29.1. The van der Waals surface area contributed by atoms with E-state index in [4.69, 9.17) is 0 Å². The summed E-state index contributed by atoms with van der Waals surface area (Å²) >= 11 is 0. The van der Waals surface area contributed by atoms with Crippen LogP contribution < -0.4 is 0 Å². The summed E-state index contributed by atoms with van der Waals surface area (Å²) in [5.74, 6) is -12.9. The van der Waals surface area contributed by atoms with Gasteiger partial charge >= 0.3 is 0 Å². The average Bonchev–Trinajstić information content (AvgIpc) is 1.05. The molecule has 0 aliphatic carbocycles. The summed E-state index contributed by atoms with van der Waals surface area (Å²) in [6.45, 7) is 3.99. The summed E-state index contributed by atoms with van der Waals surface area (Å²) in [5.41, 5.74) is 16.2. The molecule has 4 nitrogen and oxygen atoms in total. The summed E-state index contributed by atoms with van der Waals surface area (Å²) in [5, 5.41) is 46.1. The van der Waals surface area contributed by atoms with Crippen molar-refractivity contribution in [2.75, 3.05) is 0 Å². The molecule has 0 saturated heterocycles. The molecule has 0 atom stereocenters. The van der Waals surface area contributed by atoms with E-state index in [1.807, 2.05) is 232 Å². The Kier molecular flexibility index (Phi) is 19.4. The lowest BCUT2D eigenvalue weighted by Gasteiger charge is -2.21. The molecule has 0 N–H and O–H groups in total. The first-order chi connectivity index (χ1) is 69.6. The highest BCUT2D eigenvalue weighted by molar-refractivity contribution is 6.42. The van der Waals surface area contributed by atoms with Crippen LogP contribution >= 0.6 is 0 Å². The molecular weight excluding hydrogens is 1770 g/mol. The molecule has 0 radical (unpaired) electrons. The molecule has 0 aliphatic heterocycles. The van der Waals surface area contributed by atoms with Crippen LogP contribution in [-0.4, -0.2) is 9.13 Å². The van der Waals surface area contributed by atoms with Gasteiger partial charge < -0.3 is 9.13 Å². The zero-order chi connectivity index (χ0) is 95.9. The number of aromatic nitrogens is 2. The first-order valence-corrected chi connectivity index (χ1v) is 46.9. The van der Waals surface area contributed by atoms with Gasteiger partial charge in [0.25, 0.3) is 0 Å². The van der Waals surface area contributed by atoms with Gasteiger partial charge in [0, 0.05) is 53.9 Å². The van der Waals surface area contributed by atoms with Gasteiger partial charge in [0.15, 0.2) is 46.5 Å². The first-order valence-electron chi connectivity index (χ1n) is 46.9. The van der Waals surface area contributed by atoms with Crippen molar-refractivity contribution in [3.63, 3.8) is 0 Å². The van der Waals surface area contributed by atoms with Crippen LogP contribution in [0.4, 0.5) is 35.1 Å². The monoisotopic (exact) mass is 1840 g/mol. The molecule has 12 heteroatoms. The molecule has 0 spiro atoms. The van der Waals surface area contributed by atoms with E-state index in [-0.39, 0.29) is 21.5 Å². The van der Waals surface area contributed by atoms with Crippen molar-refractivity contribution in [2.24, 2.45) is 0 Å². The van der Waals surface area contributed by atoms with Crippen LogP contribution in [-0.2, 0) is 0 Å². The molecule has 0 unspecified atom stereocenters. The summed E-state index contributed by atoms with van der Waals surface area (Å²) < 4.78 is 129. The van der Waals surface area contributed by atoms with Gasteiger partial charge in [-0.2, -0.15) is 10.5 Å². The zero-order valence-corrected chi connectivity index (χ0v) is 75.9. The third kappa shape index (κ3) is 12.5. The number of nitrogens with zero attached hydrogens (tertiary/aromatic N) is 4. The summed E-state index contributed by atoms with van der Waals surface area (Å²) in [4.78, 5) is 0. The normalized spacial score (nSPS) is 11.9. The molecule has 2 aromatic heterocycles. The second-order valence-corrected chi connectivity index (χ2v) is 36.7. The quantitative estimate of drug-likeness (QED) is 0.0721. The molecule has 28 rings (SSSR count). The van der Waals surface area contributed by atoms with E-state index in [0.29, 0.717) is 54.2 Å². The average molecular weight is 1840 g/mol. The maximum atomic E-state index is 16.1. The van der Waals surface area contributed by atoms with E-state index >= 15 is 26.3 Å². The van der Waals surface area contributed by atoms with Crippen LogP contribution in [0.2, 0.25) is 0 Å². The largest absolute Gasteiger partial charge is 0.309 e. The molecule has 142 heavy (non-hydrogen) atoms. The van der Waals surface area contributed by atoms with Gasteiger partial charge in [-0.1, -0.05) is 339 Å². The van der Waals surface area contributed by atoms with Gasteiger partial charge in [0.2, 0.25) is 0 Å². The zero-order valence-electron chi connectivity index (χ0n) is 75.9. The maximum absolute atomic E-state index is 16.1. The Bertz CT molecular complexity index is 9820. The standard InChI is InChI=1S/C52H28N4.C40H24F4.C38H20F4/c53-29-31-25-41-42(26-32(31)30-54)44-28-50(56-47-23-11-7-15-35(47)36-16-8-12-24-48(36)56)38-18-2-4-20-40(38)52(44)51-39-19-3-1-17-37(39)49(27-43(41)51)55-45-21-9-5-13-33(45)34-14-6-10-22-46(34)55;1-21-11-15-23(16-12-21)29-19-31-33(27-9-5-3-7-25(27)29)34-28-10-6-4-8-26(28)30(24-17-13-22(2)14-18-24)20-32(34)36-35(31)37(41)39(43)40(44)38(36)42;39-35-33-29-19-27(21-11-3-1-4-12-21)23-15-7-9-17-25(23)31(29)32-26-18-10-8-16-24(26)28(22-13-5-2-6-14-22)20-30(32)34(33)36(40)38(42)37(35)41/h1-28H;3-20H,1-2H3;1-20H.